The maximum Gasteiger partial charge on any atom is 0.154 e. The molecule has 1 fully saturated rings. The third kappa shape index (κ3) is 2.75. The molecule has 1 aliphatic carbocycles. The fraction of sp³-hybridized carbons (Fsp3) is 0.500. The van der Waals surface area contributed by atoms with Gasteiger partial charge in [0.15, 0.2) is 5.82 Å². The summed E-state index contributed by atoms with van der Waals surface area (Å²) in [4.78, 5) is 8.98. The highest BCUT2D eigenvalue weighted by atomic mass is 79.9. The summed E-state index contributed by atoms with van der Waals surface area (Å²) < 4.78 is 2.72. The molecule has 1 unspecified atom stereocenters. The van der Waals surface area contributed by atoms with E-state index in [1.165, 1.54) is 12.8 Å². The molecule has 2 heterocycles. The molecule has 100 valence electrons. The Bertz CT molecular complexity index is 592. The number of nitrogens with zero attached hydrogens (tertiary/aromatic N) is 5. The van der Waals surface area contributed by atoms with Gasteiger partial charge in [-0.05, 0) is 35.7 Å². The van der Waals surface area contributed by atoms with E-state index in [4.69, 9.17) is 0 Å². The van der Waals surface area contributed by atoms with Crippen molar-refractivity contribution in [3.8, 4) is 0 Å². The van der Waals surface area contributed by atoms with Gasteiger partial charge in [-0.2, -0.15) is 0 Å². The molecule has 1 saturated carbocycles. The predicted octanol–water partition coefficient (Wildman–Crippen LogP) is 2.42. The lowest BCUT2D eigenvalue weighted by Crippen LogP contribution is -2.13. The van der Waals surface area contributed by atoms with Gasteiger partial charge in [-0.1, -0.05) is 0 Å². The first-order chi connectivity index (χ1) is 9.13. The van der Waals surface area contributed by atoms with Crippen LogP contribution in [0.3, 0.4) is 0 Å². The van der Waals surface area contributed by atoms with Crippen molar-refractivity contribution in [1.82, 2.24) is 24.7 Å². The molecule has 0 radical (unpaired) electrons. The van der Waals surface area contributed by atoms with Crippen LogP contribution in [0, 0.1) is 0 Å². The molecule has 3 rings (SSSR count). The van der Waals surface area contributed by atoms with Crippen molar-refractivity contribution in [1.29, 1.82) is 0 Å². The maximum atomic E-state index is 4.57. The zero-order chi connectivity index (χ0) is 13.4. The van der Waals surface area contributed by atoms with Gasteiger partial charge in [-0.3, -0.25) is 0 Å². The van der Waals surface area contributed by atoms with Crippen molar-refractivity contribution < 1.29 is 0 Å². The van der Waals surface area contributed by atoms with E-state index in [0.717, 1.165) is 22.1 Å². The lowest BCUT2D eigenvalue weighted by atomic mass is 10.3. The first-order valence-corrected chi connectivity index (χ1v) is 7.07. The van der Waals surface area contributed by atoms with E-state index in [9.17, 15) is 0 Å². The van der Waals surface area contributed by atoms with Crippen LogP contribution >= 0.6 is 15.9 Å². The summed E-state index contributed by atoms with van der Waals surface area (Å²) in [5, 5.41) is 11.3. The van der Waals surface area contributed by atoms with Crippen LogP contribution in [0.15, 0.2) is 17.0 Å². The molecule has 1 aliphatic rings. The Morgan fingerprint density at radius 3 is 2.84 bits per heavy atom. The summed E-state index contributed by atoms with van der Waals surface area (Å²) in [5.41, 5.74) is 0. The second-order valence-electron chi connectivity index (χ2n) is 4.87. The van der Waals surface area contributed by atoms with Gasteiger partial charge in [0.2, 0.25) is 0 Å². The highest BCUT2D eigenvalue weighted by Crippen LogP contribution is 2.39. The van der Waals surface area contributed by atoms with Crippen LogP contribution in [-0.4, -0.2) is 24.7 Å². The lowest BCUT2D eigenvalue weighted by molar-refractivity contribution is 0.714. The first-order valence-electron chi connectivity index (χ1n) is 6.28. The number of aryl methyl sites for hydroxylation is 1. The van der Waals surface area contributed by atoms with E-state index in [0.29, 0.717) is 5.92 Å². The zero-order valence-electron chi connectivity index (χ0n) is 10.8. The van der Waals surface area contributed by atoms with Gasteiger partial charge in [0.05, 0.1) is 6.04 Å². The normalized spacial score (nSPS) is 16.4. The van der Waals surface area contributed by atoms with E-state index in [-0.39, 0.29) is 6.04 Å². The van der Waals surface area contributed by atoms with Crippen LogP contribution in [0.5, 0.6) is 0 Å². The quantitative estimate of drug-likeness (QED) is 0.875. The number of anilines is 1. The first kappa shape index (κ1) is 12.5. The second-order valence-corrected chi connectivity index (χ2v) is 5.69. The zero-order valence-corrected chi connectivity index (χ0v) is 12.4. The topological polar surface area (TPSA) is 68.5 Å². The van der Waals surface area contributed by atoms with E-state index in [2.05, 4.69) is 41.4 Å². The summed E-state index contributed by atoms with van der Waals surface area (Å²) >= 11 is 3.44. The van der Waals surface area contributed by atoms with Gasteiger partial charge in [-0.25, -0.2) is 9.97 Å². The molecule has 19 heavy (non-hydrogen) atoms. The van der Waals surface area contributed by atoms with Crippen LogP contribution in [0.2, 0.25) is 0 Å². The van der Waals surface area contributed by atoms with Crippen molar-refractivity contribution >= 4 is 21.7 Å². The van der Waals surface area contributed by atoms with Crippen LogP contribution in [0.4, 0.5) is 5.82 Å². The maximum absolute atomic E-state index is 4.57. The van der Waals surface area contributed by atoms with Gasteiger partial charge >= 0.3 is 0 Å². The fourth-order valence-electron chi connectivity index (χ4n) is 2.00. The summed E-state index contributed by atoms with van der Waals surface area (Å²) in [6, 6.07) is 1.93. The van der Waals surface area contributed by atoms with Gasteiger partial charge < -0.3 is 9.88 Å². The standard InChI is InChI=1S/C12H15BrN6/c1-7(12-18-14-6-19(12)2)15-10-5-9(13)16-11(17-10)8-3-4-8/h5-8H,3-4H2,1-2H3,(H,15,16,17). The fourth-order valence-corrected chi connectivity index (χ4v) is 2.40. The molecule has 2 aromatic heterocycles. The minimum atomic E-state index is 0.0429. The molecule has 0 bridgehead atoms. The van der Waals surface area contributed by atoms with E-state index >= 15 is 0 Å². The summed E-state index contributed by atoms with van der Waals surface area (Å²) in [7, 11) is 1.93. The molecule has 7 heteroatoms. The minimum absolute atomic E-state index is 0.0429. The Morgan fingerprint density at radius 1 is 1.42 bits per heavy atom. The molecule has 1 N–H and O–H groups in total. The van der Waals surface area contributed by atoms with Crippen molar-refractivity contribution in [2.24, 2.45) is 7.05 Å². The molecule has 0 aromatic carbocycles. The SMILES string of the molecule is CC(Nc1cc(Br)nc(C2CC2)n1)c1nncn1C. The molecular formula is C12H15BrN6. The molecule has 0 aliphatic heterocycles. The summed E-state index contributed by atoms with van der Waals surface area (Å²) in [6.07, 6.45) is 4.07. The number of halogens is 1. The van der Waals surface area contributed by atoms with Gasteiger partial charge in [0.25, 0.3) is 0 Å². The van der Waals surface area contributed by atoms with Crippen LogP contribution in [0.25, 0.3) is 0 Å². The van der Waals surface area contributed by atoms with Crippen molar-refractivity contribution in [2.45, 2.75) is 31.7 Å². The van der Waals surface area contributed by atoms with E-state index in [1.54, 1.807) is 6.33 Å². The number of hydrogen-bond donors (Lipinski definition) is 1. The Hall–Kier alpha value is -1.50. The Labute approximate surface area is 119 Å². The van der Waals surface area contributed by atoms with Crippen molar-refractivity contribution in [3.63, 3.8) is 0 Å². The average Bonchev–Trinajstić information content (AvgIpc) is 3.11. The van der Waals surface area contributed by atoms with E-state index < -0.39 is 0 Å². The molecular weight excluding hydrogens is 308 g/mol. The smallest absolute Gasteiger partial charge is 0.154 e. The number of hydrogen-bond acceptors (Lipinski definition) is 5. The number of aromatic nitrogens is 5. The molecule has 0 amide bonds. The third-order valence-electron chi connectivity index (χ3n) is 3.15. The number of nitrogens with one attached hydrogen (secondary N) is 1. The highest BCUT2D eigenvalue weighted by Gasteiger charge is 2.27. The second kappa shape index (κ2) is 4.88. The molecule has 0 saturated heterocycles. The van der Waals surface area contributed by atoms with Gasteiger partial charge in [-0.15, -0.1) is 10.2 Å². The van der Waals surface area contributed by atoms with Crippen LogP contribution in [-0.2, 0) is 7.05 Å². The third-order valence-corrected chi connectivity index (χ3v) is 3.56. The lowest BCUT2D eigenvalue weighted by Gasteiger charge is -2.14. The Kier molecular flexibility index (Phi) is 3.22. The van der Waals surface area contributed by atoms with Crippen molar-refractivity contribution in [2.75, 3.05) is 5.32 Å². The molecule has 0 spiro atoms. The van der Waals surface area contributed by atoms with Gasteiger partial charge in [0, 0.05) is 19.0 Å². The highest BCUT2D eigenvalue weighted by molar-refractivity contribution is 9.10. The predicted molar refractivity (Wildman–Crippen MR) is 74.7 cm³/mol. The molecule has 1 atom stereocenters. The van der Waals surface area contributed by atoms with Crippen LogP contribution < -0.4 is 5.32 Å². The molecule has 6 nitrogen and oxygen atoms in total. The minimum Gasteiger partial charge on any atom is -0.360 e. The Morgan fingerprint density at radius 2 is 2.21 bits per heavy atom. The number of rotatable bonds is 4. The Balaban J connectivity index is 1.81. The molecule has 2 aromatic rings. The largest absolute Gasteiger partial charge is 0.360 e. The summed E-state index contributed by atoms with van der Waals surface area (Å²) in [5.74, 6) is 3.15. The monoisotopic (exact) mass is 322 g/mol. The van der Waals surface area contributed by atoms with E-state index in [1.807, 2.05) is 24.6 Å². The average molecular weight is 323 g/mol. The van der Waals surface area contributed by atoms with Crippen LogP contribution in [0.1, 0.15) is 43.4 Å². The summed E-state index contributed by atoms with van der Waals surface area (Å²) in [6.45, 7) is 2.04. The van der Waals surface area contributed by atoms with Crippen molar-refractivity contribution in [3.05, 3.63) is 28.6 Å². The van der Waals surface area contributed by atoms with Gasteiger partial charge in [0.1, 0.15) is 22.6 Å².